The molecule has 0 aliphatic carbocycles. The summed E-state index contributed by atoms with van der Waals surface area (Å²) in [6, 6.07) is 3.49. The largest absolute Gasteiger partial charge is 0.411 e. The number of amides is 1. The first-order chi connectivity index (χ1) is 11.4. The van der Waals surface area contributed by atoms with E-state index in [2.05, 4.69) is 0 Å². The summed E-state index contributed by atoms with van der Waals surface area (Å²) >= 11 is 5.98. The minimum atomic E-state index is -4.57. The number of benzene rings is 1. The highest BCUT2D eigenvalue weighted by Crippen LogP contribution is 2.47. The summed E-state index contributed by atoms with van der Waals surface area (Å²) in [5, 5.41) is -0.0723. The number of likely N-dealkylation sites (tertiary alicyclic amines) is 1. The molecule has 0 N–H and O–H groups in total. The Morgan fingerprint density at radius 3 is 2.52 bits per heavy atom. The molecule has 0 radical (unpaired) electrons. The molecule has 1 aromatic carbocycles. The van der Waals surface area contributed by atoms with Gasteiger partial charge in [-0.25, -0.2) is 8.42 Å². The molecule has 1 atom stereocenters. The zero-order valence-corrected chi connectivity index (χ0v) is 15.4. The van der Waals surface area contributed by atoms with Crippen LogP contribution in [0.25, 0.3) is 0 Å². The first kappa shape index (κ1) is 20.0. The monoisotopic (exact) mass is 397 g/mol. The Balaban J connectivity index is 2.53. The summed E-state index contributed by atoms with van der Waals surface area (Å²) in [5.74, 6) is -0.890. The van der Waals surface area contributed by atoms with Crippen LogP contribution in [0.3, 0.4) is 0 Å². The van der Waals surface area contributed by atoms with Crippen molar-refractivity contribution in [3.05, 3.63) is 28.8 Å². The van der Waals surface area contributed by atoms with Crippen LogP contribution < -0.4 is 0 Å². The summed E-state index contributed by atoms with van der Waals surface area (Å²) in [6.07, 6.45) is -3.49. The lowest BCUT2D eigenvalue weighted by molar-refractivity contribution is -0.217. The maximum absolute atomic E-state index is 13.8. The molecular formula is C16H19ClF3NO3S. The van der Waals surface area contributed by atoms with Crippen LogP contribution in [0.15, 0.2) is 23.1 Å². The number of nitrogens with zero attached hydrogens (tertiary/aromatic N) is 1. The minimum Gasteiger partial charge on any atom is -0.324 e. The van der Waals surface area contributed by atoms with Crippen molar-refractivity contribution >= 4 is 27.3 Å². The number of halogens is 4. The molecule has 1 fully saturated rings. The maximum Gasteiger partial charge on any atom is 0.411 e. The van der Waals surface area contributed by atoms with Crippen LogP contribution in [0.2, 0.25) is 5.02 Å². The molecule has 4 nitrogen and oxygen atoms in total. The molecule has 1 aliphatic rings. The van der Waals surface area contributed by atoms with Crippen LogP contribution in [0, 0.1) is 0 Å². The zero-order chi connectivity index (χ0) is 19.0. The fourth-order valence-corrected chi connectivity index (χ4v) is 4.17. The van der Waals surface area contributed by atoms with E-state index in [1.54, 1.807) is 6.92 Å². The van der Waals surface area contributed by atoms with Crippen LogP contribution in [0.4, 0.5) is 13.2 Å². The van der Waals surface area contributed by atoms with Gasteiger partial charge in [0.1, 0.15) is 5.54 Å². The standard InChI is InChI=1S/C16H19ClF3NO3S/c1-3-7-15(16(18,19)20)8-4-9-21(15)14(22)12-10-11(25(2,23)24)5-6-13(12)17/h5-6,10H,3-4,7-9H2,1-2H3/t15-/m1/s1. The Morgan fingerprint density at radius 2 is 2.00 bits per heavy atom. The average Bonchev–Trinajstić information content (AvgIpc) is 2.91. The molecular weight excluding hydrogens is 379 g/mol. The second kappa shape index (κ2) is 6.79. The van der Waals surface area contributed by atoms with Crippen molar-refractivity contribution in [2.45, 2.75) is 49.2 Å². The van der Waals surface area contributed by atoms with E-state index in [0.717, 1.165) is 17.2 Å². The molecule has 1 heterocycles. The number of hydrogen-bond acceptors (Lipinski definition) is 3. The summed E-state index contributed by atoms with van der Waals surface area (Å²) in [4.78, 5) is 13.5. The van der Waals surface area contributed by atoms with Gasteiger partial charge in [0.25, 0.3) is 5.91 Å². The van der Waals surface area contributed by atoms with E-state index in [1.165, 1.54) is 12.1 Å². The molecule has 0 bridgehead atoms. The molecule has 1 aliphatic heterocycles. The van der Waals surface area contributed by atoms with Crippen LogP contribution >= 0.6 is 11.6 Å². The topological polar surface area (TPSA) is 54.5 Å². The van der Waals surface area contributed by atoms with Crippen molar-refractivity contribution in [3.8, 4) is 0 Å². The van der Waals surface area contributed by atoms with Gasteiger partial charge in [0.15, 0.2) is 9.84 Å². The molecule has 0 spiro atoms. The van der Waals surface area contributed by atoms with Gasteiger partial charge in [0.05, 0.1) is 15.5 Å². The third-order valence-corrected chi connectivity index (χ3v) is 5.96. The van der Waals surface area contributed by atoms with E-state index < -0.39 is 27.5 Å². The fourth-order valence-electron chi connectivity index (χ4n) is 3.33. The van der Waals surface area contributed by atoms with Gasteiger partial charge in [0, 0.05) is 12.8 Å². The lowest BCUT2D eigenvalue weighted by Crippen LogP contribution is -2.57. The van der Waals surface area contributed by atoms with E-state index in [-0.39, 0.29) is 47.7 Å². The van der Waals surface area contributed by atoms with Crippen molar-refractivity contribution in [1.82, 2.24) is 4.90 Å². The first-order valence-corrected chi connectivity index (χ1v) is 10.1. The number of hydrogen-bond donors (Lipinski definition) is 0. The van der Waals surface area contributed by atoms with Crippen LogP contribution in [-0.2, 0) is 9.84 Å². The average molecular weight is 398 g/mol. The number of rotatable bonds is 4. The van der Waals surface area contributed by atoms with Gasteiger partial charge < -0.3 is 4.90 Å². The van der Waals surface area contributed by atoms with Gasteiger partial charge in [0.2, 0.25) is 0 Å². The highest BCUT2D eigenvalue weighted by atomic mass is 35.5. The molecule has 1 aromatic rings. The smallest absolute Gasteiger partial charge is 0.324 e. The van der Waals surface area contributed by atoms with E-state index in [0.29, 0.717) is 0 Å². The maximum atomic E-state index is 13.8. The fraction of sp³-hybridized carbons (Fsp3) is 0.562. The number of sulfone groups is 1. The highest BCUT2D eigenvalue weighted by Gasteiger charge is 2.61. The molecule has 1 saturated heterocycles. The van der Waals surface area contributed by atoms with Gasteiger partial charge >= 0.3 is 6.18 Å². The summed E-state index contributed by atoms with van der Waals surface area (Å²) < 4.78 is 64.7. The molecule has 1 amide bonds. The second-order valence-electron chi connectivity index (χ2n) is 6.25. The zero-order valence-electron chi connectivity index (χ0n) is 13.9. The van der Waals surface area contributed by atoms with Crippen LogP contribution in [0.1, 0.15) is 43.0 Å². The van der Waals surface area contributed by atoms with E-state index in [9.17, 15) is 26.4 Å². The van der Waals surface area contributed by atoms with E-state index in [1.807, 2.05) is 0 Å². The Hall–Kier alpha value is -1.28. The molecule has 0 unspecified atom stereocenters. The lowest BCUT2D eigenvalue weighted by atomic mass is 9.89. The summed E-state index contributed by atoms with van der Waals surface area (Å²) in [5.41, 5.74) is -2.46. The SMILES string of the molecule is CCC[C@]1(C(F)(F)F)CCCN1C(=O)c1cc(S(C)(=O)=O)ccc1Cl. The van der Waals surface area contributed by atoms with Gasteiger partial charge in [-0.1, -0.05) is 24.9 Å². The van der Waals surface area contributed by atoms with E-state index in [4.69, 9.17) is 11.6 Å². The van der Waals surface area contributed by atoms with Crippen molar-refractivity contribution < 1.29 is 26.4 Å². The molecule has 140 valence electrons. The van der Waals surface area contributed by atoms with Crippen molar-refractivity contribution in [1.29, 1.82) is 0 Å². The Labute approximate surface area is 149 Å². The number of alkyl halides is 3. The van der Waals surface area contributed by atoms with Crippen LogP contribution in [-0.4, -0.2) is 43.7 Å². The van der Waals surface area contributed by atoms with Crippen molar-refractivity contribution in [2.75, 3.05) is 12.8 Å². The third-order valence-electron chi connectivity index (χ3n) is 4.52. The second-order valence-corrected chi connectivity index (χ2v) is 8.68. The quantitative estimate of drug-likeness (QED) is 0.769. The molecule has 0 saturated carbocycles. The van der Waals surface area contributed by atoms with E-state index >= 15 is 0 Å². The molecule has 0 aromatic heterocycles. The summed E-state index contributed by atoms with van der Waals surface area (Å²) in [7, 11) is -3.62. The molecule has 9 heteroatoms. The Bertz CT molecular complexity index is 779. The molecule has 2 rings (SSSR count). The van der Waals surface area contributed by atoms with Crippen molar-refractivity contribution in [2.24, 2.45) is 0 Å². The van der Waals surface area contributed by atoms with Gasteiger partial charge in [-0.05, 0) is 37.5 Å². The minimum absolute atomic E-state index is 0.0439. The number of carbonyl (C=O) groups excluding carboxylic acids is 1. The Morgan fingerprint density at radius 1 is 1.36 bits per heavy atom. The first-order valence-electron chi connectivity index (χ1n) is 7.82. The Kier molecular flexibility index (Phi) is 5.45. The molecule has 25 heavy (non-hydrogen) atoms. The van der Waals surface area contributed by atoms with Crippen molar-refractivity contribution in [3.63, 3.8) is 0 Å². The van der Waals surface area contributed by atoms with Gasteiger partial charge in [-0.15, -0.1) is 0 Å². The predicted molar refractivity (Wildman–Crippen MR) is 88.5 cm³/mol. The van der Waals surface area contributed by atoms with Gasteiger partial charge in [-0.3, -0.25) is 4.79 Å². The van der Waals surface area contributed by atoms with Crippen LogP contribution in [0.5, 0.6) is 0 Å². The predicted octanol–water partition coefficient (Wildman–Crippen LogP) is 4.08. The normalized spacial score (nSPS) is 21.6. The third kappa shape index (κ3) is 3.65. The summed E-state index contributed by atoms with van der Waals surface area (Å²) in [6.45, 7) is 1.59. The van der Waals surface area contributed by atoms with Gasteiger partial charge in [-0.2, -0.15) is 13.2 Å². The highest BCUT2D eigenvalue weighted by molar-refractivity contribution is 7.90. The lowest BCUT2D eigenvalue weighted by Gasteiger charge is -2.40. The number of carbonyl (C=O) groups is 1.